The third-order valence-corrected chi connectivity index (χ3v) is 9.68. The monoisotopic (exact) mass is 447 g/mol. The third kappa shape index (κ3) is 2.80. The molecule has 1 heterocycles. The van der Waals surface area contributed by atoms with Crippen molar-refractivity contribution in [3.05, 3.63) is 11.6 Å². The lowest BCUT2D eigenvalue weighted by Gasteiger charge is -2.60. The van der Waals surface area contributed by atoms with Gasteiger partial charge in [-0.25, -0.2) is 0 Å². The topological polar surface area (TPSA) is 85.3 Å². The lowest BCUT2D eigenvalue weighted by molar-refractivity contribution is -0.242. The van der Waals surface area contributed by atoms with Gasteiger partial charge in [0.15, 0.2) is 5.79 Å². The first kappa shape index (κ1) is 22.5. The Balaban J connectivity index is 1.55. The van der Waals surface area contributed by atoms with Crippen molar-refractivity contribution in [2.45, 2.75) is 76.9 Å². The van der Waals surface area contributed by atoms with Crippen LogP contribution in [0.25, 0.3) is 0 Å². The summed E-state index contributed by atoms with van der Waals surface area (Å²) in [7, 11) is 3.85. The van der Waals surface area contributed by atoms with E-state index in [1.165, 1.54) is 6.92 Å². The molecule has 0 amide bonds. The SMILES string of the molecule is CC(=O)O[C@@H]1[C@@H](N(C)C)C=C2CC[C@@H]3[C@H](C(=O)C[C@@]4(C)[C@H]3CCC43OCCO3)[C@@]2(C)[C@H]1O. The largest absolute Gasteiger partial charge is 0.458 e. The first-order chi connectivity index (χ1) is 15.0. The van der Waals surface area contributed by atoms with E-state index in [1.807, 2.05) is 25.9 Å². The predicted octanol–water partition coefficient (Wildman–Crippen LogP) is 2.31. The van der Waals surface area contributed by atoms with Crippen LogP contribution in [0, 0.1) is 28.6 Å². The lowest BCUT2D eigenvalue weighted by Crippen LogP contribution is -2.65. The average Bonchev–Trinajstić information content (AvgIpc) is 3.30. The number of fused-ring (bicyclic) bond motifs is 6. The van der Waals surface area contributed by atoms with E-state index in [4.69, 9.17) is 14.2 Å². The molecule has 1 saturated heterocycles. The number of esters is 1. The van der Waals surface area contributed by atoms with Gasteiger partial charge >= 0.3 is 5.97 Å². The number of ether oxygens (including phenoxy) is 3. The summed E-state index contributed by atoms with van der Waals surface area (Å²) < 4.78 is 18.0. The van der Waals surface area contributed by atoms with Crippen LogP contribution in [0.2, 0.25) is 0 Å². The van der Waals surface area contributed by atoms with Crippen LogP contribution < -0.4 is 0 Å². The predicted molar refractivity (Wildman–Crippen MR) is 117 cm³/mol. The smallest absolute Gasteiger partial charge is 0.303 e. The van der Waals surface area contributed by atoms with Gasteiger partial charge in [-0.05, 0) is 45.2 Å². The number of carbonyl (C=O) groups excluding carboxylic acids is 2. The summed E-state index contributed by atoms with van der Waals surface area (Å²) in [6.07, 6.45) is 4.50. The fourth-order valence-electron chi connectivity index (χ4n) is 8.23. The first-order valence-corrected chi connectivity index (χ1v) is 12.1. The molecule has 3 saturated carbocycles. The lowest BCUT2D eigenvalue weighted by atomic mass is 9.45. The van der Waals surface area contributed by atoms with Crippen LogP contribution in [-0.4, -0.2) is 73.1 Å². The summed E-state index contributed by atoms with van der Waals surface area (Å²) in [6, 6.07) is -0.215. The number of Topliss-reactive ketones (excluding diaryl/α,β-unsaturated/α-hetero) is 1. The number of ketones is 1. The number of carbonyl (C=O) groups is 2. The Morgan fingerprint density at radius 1 is 1.22 bits per heavy atom. The van der Waals surface area contributed by atoms with E-state index in [0.29, 0.717) is 25.6 Å². The molecule has 4 aliphatic carbocycles. The van der Waals surface area contributed by atoms with E-state index in [-0.39, 0.29) is 29.1 Å². The molecule has 4 fully saturated rings. The van der Waals surface area contributed by atoms with E-state index >= 15 is 0 Å². The second kappa shape index (κ2) is 7.36. The van der Waals surface area contributed by atoms with Crippen molar-refractivity contribution in [2.75, 3.05) is 27.3 Å². The van der Waals surface area contributed by atoms with Crippen LogP contribution in [0.4, 0.5) is 0 Å². The van der Waals surface area contributed by atoms with Crippen LogP contribution in [-0.2, 0) is 23.8 Å². The molecule has 5 rings (SSSR count). The Kier molecular flexibility index (Phi) is 5.18. The van der Waals surface area contributed by atoms with Crippen LogP contribution in [0.15, 0.2) is 11.6 Å². The Labute approximate surface area is 190 Å². The van der Waals surface area contributed by atoms with Gasteiger partial charge in [0.1, 0.15) is 18.0 Å². The highest BCUT2D eigenvalue weighted by atomic mass is 16.7. The molecule has 1 N–H and O–H groups in total. The van der Waals surface area contributed by atoms with Crippen molar-refractivity contribution in [3.63, 3.8) is 0 Å². The quantitative estimate of drug-likeness (QED) is 0.514. The van der Waals surface area contributed by atoms with Crippen molar-refractivity contribution < 1.29 is 28.9 Å². The molecular weight excluding hydrogens is 410 g/mol. The molecular formula is C25H37NO6. The highest BCUT2D eigenvalue weighted by molar-refractivity contribution is 5.85. The molecule has 0 aromatic heterocycles. The summed E-state index contributed by atoms with van der Waals surface area (Å²) >= 11 is 0. The maximum Gasteiger partial charge on any atom is 0.303 e. The highest BCUT2D eigenvalue weighted by Crippen LogP contribution is 2.68. The number of rotatable bonds is 2. The van der Waals surface area contributed by atoms with Gasteiger partial charge in [0, 0.05) is 36.5 Å². The fourth-order valence-corrected chi connectivity index (χ4v) is 8.23. The second-order valence-electron chi connectivity index (χ2n) is 11.3. The van der Waals surface area contributed by atoms with E-state index in [0.717, 1.165) is 31.3 Å². The molecule has 0 aromatic carbocycles. The van der Waals surface area contributed by atoms with Crippen molar-refractivity contribution in [1.29, 1.82) is 0 Å². The Bertz CT molecular complexity index is 847. The maximum atomic E-state index is 13.9. The van der Waals surface area contributed by atoms with E-state index < -0.39 is 29.4 Å². The maximum absolute atomic E-state index is 13.9. The highest BCUT2D eigenvalue weighted by Gasteiger charge is 2.70. The standard InChI is InChI=1S/C25H37NO6/c1-14(27)32-21-18(26(4)5)12-15-6-7-16-17-8-9-25(30-10-11-31-25)23(17,2)13-19(28)20(16)24(15,3)22(21)29/h12,16-18,20-22,29H,6-11,13H2,1-5H3/t16-,17-,18-,20+,21+,22-,23-,24-/m0/s1. The van der Waals surface area contributed by atoms with Gasteiger partial charge in [0.05, 0.1) is 19.3 Å². The zero-order chi connectivity index (χ0) is 23.1. The number of hydrogen-bond acceptors (Lipinski definition) is 7. The molecule has 7 heteroatoms. The van der Waals surface area contributed by atoms with E-state index in [2.05, 4.69) is 13.0 Å². The van der Waals surface area contributed by atoms with Crippen LogP contribution >= 0.6 is 0 Å². The van der Waals surface area contributed by atoms with Gasteiger partial charge in [0.25, 0.3) is 0 Å². The summed E-state index contributed by atoms with van der Waals surface area (Å²) in [5, 5.41) is 11.7. The molecule has 0 unspecified atom stereocenters. The number of aliphatic hydroxyl groups is 1. The molecule has 32 heavy (non-hydrogen) atoms. The zero-order valence-electron chi connectivity index (χ0n) is 19.9. The molecule has 8 atom stereocenters. The number of hydrogen-bond donors (Lipinski definition) is 1. The number of aliphatic hydroxyl groups excluding tert-OH is 1. The van der Waals surface area contributed by atoms with Crippen molar-refractivity contribution >= 4 is 11.8 Å². The van der Waals surface area contributed by atoms with Crippen molar-refractivity contribution in [1.82, 2.24) is 4.90 Å². The van der Waals surface area contributed by atoms with Gasteiger partial charge < -0.3 is 19.3 Å². The number of nitrogens with zero attached hydrogens (tertiary/aromatic N) is 1. The zero-order valence-corrected chi connectivity index (χ0v) is 19.9. The first-order valence-electron chi connectivity index (χ1n) is 12.1. The summed E-state index contributed by atoms with van der Waals surface area (Å²) in [5.41, 5.74) is 0.0630. The van der Waals surface area contributed by atoms with Crippen LogP contribution in [0.5, 0.6) is 0 Å². The minimum atomic E-state index is -0.936. The van der Waals surface area contributed by atoms with Crippen molar-refractivity contribution in [3.8, 4) is 0 Å². The second-order valence-corrected chi connectivity index (χ2v) is 11.3. The van der Waals surface area contributed by atoms with E-state index in [1.54, 1.807) is 0 Å². The van der Waals surface area contributed by atoms with Crippen LogP contribution in [0.1, 0.15) is 52.9 Å². The molecule has 7 nitrogen and oxygen atoms in total. The Morgan fingerprint density at radius 2 is 1.91 bits per heavy atom. The van der Waals surface area contributed by atoms with Gasteiger partial charge in [-0.3, -0.25) is 14.5 Å². The fraction of sp³-hybridized carbons (Fsp3) is 0.840. The van der Waals surface area contributed by atoms with Gasteiger partial charge in [-0.2, -0.15) is 0 Å². The summed E-state index contributed by atoms with van der Waals surface area (Å²) in [4.78, 5) is 27.8. The molecule has 1 spiro atoms. The molecule has 178 valence electrons. The summed E-state index contributed by atoms with van der Waals surface area (Å²) in [6.45, 7) is 6.75. The van der Waals surface area contributed by atoms with E-state index in [9.17, 15) is 14.7 Å². The summed E-state index contributed by atoms with van der Waals surface area (Å²) in [5.74, 6) is -0.674. The molecule has 0 radical (unpaired) electrons. The minimum absolute atomic E-state index is 0.166. The molecule has 5 aliphatic rings. The minimum Gasteiger partial charge on any atom is -0.458 e. The van der Waals surface area contributed by atoms with Gasteiger partial charge in [-0.15, -0.1) is 0 Å². The Hall–Kier alpha value is -1.28. The Morgan fingerprint density at radius 3 is 2.53 bits per heavy atom. The van der Waals surface area contributed by atoms with Gasteiger partial charge in [-0.1, -0.05) is 25.5 Å². The number of likely N-dealkylation sites (N-methyl/N-ethyl adjacent to an activating group) is 1. The average molecular weight is 448 g/mol. The van der Waals surface area contributed by atoms with Gasteiger partial charge in [0.2, 0.25) is 0 Å². The van der Waals surface area contributed by atoms with Crippen molar-refractivity contribution in [2.24, 2.45) is 28.6 Å². The normalized spacial score (nSPS) is 47.1. The van der Waals surface area contributed by atoms with Crippen LogP contribution in [0.3, 0.4) is 0 Å². The molecule has 0 bridgehead atoms. The molecule has 0 aromatic rings. The third-order valence-electron chi connectivity index (χ3n) is 9.68. The molecule has 1 aliphatic heterocycles.